The third kappa shape index (κ3) is 6.68. The number of hydrogen-bond acceptors (Lipinski definition) is 4. The minimum atomic E-state index is 0.594. The molecule has 0 aromatic heterocycles. The lowest BCUT2D eigenvalue weighted by Crippen LogP contribution is -2.39. The maximum Gasteiger partial charge on any atom is 0.191 e. The highest BCUT2D eigenvalue weighted by Crippen LogP contribution is 2.20. The van der Waals surface area contributed by atoms with E-state index in [0.717, 1.165) is 31.3 Å². The summed E-state index contributed by atoms with van der Waals surface area (Å²) in [6, 6.07) is 18.7. The van der Waals surface area contributed by atoms with Gasteiger partial charge in [-0.25, -0.2) is 4.99 Å². The second kappa shape index (κ2) is 11.5. The van der Waals surface area contributed by atoms with Gasteiger partial charge in [-0.1, -0.05) is 30.3 Å². The van der Waals surface area contributed by atoms with Gasteiger partial charge in [-0.2, -0.15) is 11.8 Å². The monoisotopic (exact) mass is 398 g/mol. The van der Waals surface area contributed by atoms with Crippen LogP contribution in [-0.2, 0) is 6.54 Å². The normalized spacial score (nSPS) is 14.6. The van der Waals surface area contributed by atoms with E-state index in [9.17, 15) is 0 Å². The lowest BCUT2D eigenvalue weighted by Gasteiger charge is -2.28. The van der Waals surface area contributed by atoms with Crippen molar-refractivity contribution in [2.45, 2.75) is 13.5 Å². The number of para-hydroxylation sites is 1. The van der Waals surface area contributed by atoms with E-state index in [2.05, 4.69) is 46.7 Å². The molecule has 1 aliphatic heterocycles. The van der Waals surface area contributed by atoms with E-state index in [-0.39, 0.29) is 0 Å². The Morgan fingerprint density at radius 3 is 2.50 bits per heavy atom. The average Bonchev–Trinajstić information content (AvgIpc) is 2.76. The quantitative estimate of drug-likeness (QED) is 0.406. The first-order valence-corrected chi connectivity index (χ1v) is 11.1. The molecule has 0 aliphatic carbocycles. The van der Waals surface area contributed by atoms with Gasteiger partial charge >= 0.3 is 0 Å². The van der Waals surface area contributed by atoms with Crippen LogP contribution in [0.1, 0.15) is 12.5 Å². The Bertz CT molecular complexity index is 715. The molecule has 28 heavy (non-hydrogen) atoms. The number of aliphatic imine (C=N–C) groups is 1. The van der Waals surface area contributed by atoms with Crippen molar-refractivity contribution in [2.75, 3.05) is 49.2 Å². The standard InChI is InChI=1S/C22H30N4OS/c1-2-23-22(24-12-15-27-21-6-4-3-5-7-21)25-18-19-8-10-20(11-9-19)26-13-16-28-17-14-26/h3-11H,2,12-18H2,1H3,(H2,23,24,25). The molecule has 150 valence electrons. The van der Waals surface area contributed by atoms with Gasteiger partial charge in [0.1, 0.15) is 12.4 Å². The molecule has 1 saturated heterocycles. The largest absolute Gasteiger partial charge is 0.492 e. The summed E-state index contributed by atoms with van der Waals surface area (Å²) in [7, 11) is 0. The molecule has 0 amide bonds. The summed E-state index contributed by atoms with van der Waals surface area (Å²) in [5.41, 5.74) is 2.53. The molecule has 2 aromatic carbocycles. The van der Waals surface area contributed by atoms with Crippen molar-refractivity contribution in [3.8, 4) is 5.75 Å². The predicted molar refractivity (Wildman–Crippen MR) is 121 cm³/mol. The van der Waals surface area contributed by atoms with Crippen molar-refractivity contribution in [3.05, 3.63) is 60.2 Å². The highest BCUT2D eigenvalue weighted by molar-refractivity contribution is 7.99. The fraction of sp³-hybridized carbons (Fsp3) is 0.409. The van der Waals surface area contributed by atoms with Crippen LogP contribution in [0, 0.1) is 0 Å². The van der Waals surface area contributed by atoms with E-state index >= 15 is 0 Å². The highest BCUT2D eigenvalue weighted by atomic mass is 32.2. The Morgan fingerprint density at radius 2 is 1.79 bits per heavy atom. The van der Waals surface area contributed by atoms with Gasteiger partial charge in [0.15, 0.2) is 5.96 Å². The van der Waals surface area contributed by atoms with Gasteiger partial charge < -0.3 is 20.3 Å². The van der Waals surface area contributed by atoms with Crippen LogP contribution in [-0.4, -0.2) is 50.3 Å². The summed E-state index contributed by atoms with van der Waals surface area (Å²) >= 11 is 2.04. The summed E-state index contributed by atoms with van der Waals surface area (Å²) in [5, 5.41) is 6.61. The van der Waals surface area contributed by atoms with E-state index < -0.39 is 0 Å². The molecular formula is C22H30N4OS. The van der Waals surface area contributed by atoms with Gasteiger partial charge in [0, 0.05) is 36.8 Å². The lowest BCUT2D eigenvalue weighted by molar-refractivity contribution is 0.322. The highest BCUT2D eigenvalue weighted by Gasteiger charge is 2.10. The van der Waals surface area contributed by atoms with Crippen LogP contribution in [0.3, 0.4) is 0 Å². The molecule has 0 saturated carbocycles. The topological polar surface area (TPSA) is 48.9 Å². The molecule has 1 heterocycles. The third-order valence-corrected chi connectivity index (χ3v) is 5.43. The molecule has 1 aliphatic rings. The Kier molecular flexibility index (Phi) is 8.37. The summed E-state index contributed by atoms with van der Waals surface area (Å²) < 4.78 is 5.72. The Balaban J connectivity index is 1.46. The summed E-state index contributed by atoms with van der Waals surface area (Å²) in [4.78, 5) is 7.15. The van der Waals surface area contributed by atoms with Crippen LogP contribution < -0.4 is 20.3 Å². The number of nitrogens with one attached hydrogen (secondary N) is 2. The average molecular weight is 399 g/mol. The number of benzene rings is 2. The van der Waals surface area contributed by atoms with Crippen molar-refractivity contribution in [3.63, 3.8) is 0 Å². The van der Waals surface area contributed by atoms with Crippen molar-refractivity contribution in [2.24, 2.45) is 4.99 Å². The molecule has 0 atom stereocenters. The SMILES string of the molecule is CCNC(=NCc1ccc(N2CCSCC2)cc1)NCCOc1ccccc1. The van der Waals surface area contributed by atoms with E-state index in [1.807, 2.05) is 42.1 Å². The first kappa shape index (κ1) is 20.4. The molecule has 2 aromatic rings. The van der Waals surface area contributed by atoms with Gasteiger partial charge in [-0.05, 0) is 36.8 Å². The minimum Gasteiger partial charge on any atom is -0.492 e. The van der Waals surface area contributed by atoms with Crippen LogP contribution in [0.25, 0.3) is 0 Å². The van der Waals surface area contributed by atoms with Crippen LogP contribution in [0.4, 0.5) is 5.69 Å². The predicted octanol–water partition coefficient (Wildman–Crippen LogP) is 3.37. The number of anilines is 1. The molecule has 0 spiro atoms. The van der Waals surface area contributed by atoms with Crippen molar-refractivity contribution < 1.29 is 4.74 Å². The smallest absolute Gasteiger partial charge is 0.191 e. The first-order valence-electron chi connectivity index (χ1n) is 9.97. The summed E-state index contributed by atoms with van der Waals surface area (Å²) in [5.74, 6) is 4.14. The molecule has 1 fully saturated rings. The second-order valence-corrected chi connectivity index (χ2v) is 7.77. The Morgan fingerprint density at radius 1 is 1.04 bits per heavy atom. The zero-order valence-electron chi connectivity index (χ0n) is 16.6. The van der Waals surface area contributed by atoms with Crippen LogP contribution in [0.15, 0.2) is 59.6 Å². The third-order valence-electron chi connectivity index (χ3n) is 4.48. The maximum absolute atomic E-state index is 5.72. The first-order chi connectivity index (χ1) is 13.8. The number of ether oxygens (including phenoxy) is 1. The van der Waals surface area contributed by atoms with E-state index in [0.29, 0.717) is 19.7 Å². The lowest BCUT2D eigenvalue weighted by atomic mass is 10.2. The van der Waals surface area contributed by atoms with Gasteiger partial charge in [0.25, 0.3) is 0 Å². The van der Waals surface area contributed by atoms with Gasteiger partial charge in [-0.3, -0.25) is 0 Å². The van der Waals surface area contributed by atoms with Crippen molar-refractivity contribution >= 4 is 23.4 Å². The van der Waals surface area contributed by atoms with E-state index in [1.165, 1.54) is 22.8 Å². The fourth-order valence-electron chi connectivity index (χ4n) is 3.00. The molecule has 2 N–H and O–H groups in total. The van der Waals surface area contributed by atoms with Crippen LogP contribution >= 0.6 is 11.8 Å². The summed E-state index contributed by atoms with van der Waals surface area (Å²) in [6.07, 6.45) is 0. The van der Waals surface area contributed by atoms with Gasteiger partial charge in [-0.15, -0.1) is 0 Å². The Hall–Kier alpha value is -2.34. The fourth-order valence-corrected chi connectivity index (χ4v) is 3.90. The molecular weight excluding hydrogens is 368 g/mol. The van der Waals surface area contributed by atoms with Crippen LogP contribution in [0.5, 0.6) is 5.75 Å². The zero-order chi connectivity index (χ0) is 19.4. The van der Waals surface area contributed by atoms with E-state index in [4.69, 9.17) is 9.73 Å². The molecule has 0 radical (unpaired) electrons. The van der Waals surface area contributed by atoms with Crippen LogP contribution in [0.2, 0.25) is 0 Å². The molecule has 5 nitrogen and oxygen atoms in total. The number of guanidine groups is 1. The minimum absolute atomic E-state index is 0.594. The maximum atomic E-state index is 5.72. The Labute approximate surface area is 172 Å². The van der Waals surface area contributed by atoms with Gasteiger partial charge in [0.05, 0.1) is 13.1 Å². The van der Waals surface area contributed by atoms with E-state index in [1.54, 1.807) is 0 Å². The van der Waals surface area contributed by atoms with Gasteiger partial charge in [0.2, 0.25) is 0 Å². The number of hydrogen-bond donors (Lipinski definition) is 2. The zero-order valence-corrected chi connectivity index (χ0v) is 17.4. The number of nitrogens with zero attached hydrogens (tertiary/aromatic N) is 2. The molecule has 0 bridgehead atoms. The van der Waals surface area contributed by atoms with Crippen molar-refractivity contribution in [1.82, 2.24) is 10.6 Å². The molecule has 0 unspecified atom stereocenters. The summed E-state index contributed by atoms with van der Waals surface area (Å²) in [6.45, 7) is 7.14. The molecule has 6 heteroatoms. The number of thioether (sulfide) groups is 1. The number of rotatable bonds is 8. The molecule has 3 rings (SSSR count). The van der Waals surface area contributed by atoms with Crippen molar-refractivity contribution in [1.29, 1.82) is 0 Å². The second-order valence-electron chi connectivity index (χ2n) is 6.55.